The van der Waals surface area contributed by atoms with Gasteiger partial charge in [-0.05, 0) is 45.1 Å². The maximum Gasteiger partial charge on any atom is 0.237 e. The SMILES string of the molecule is CC(C)CNC(=O)C(C)N(CC1CCCN1)C1CC1. The second-order valence-electron chi connectivity index (χ2n) is 6.54. The summed E-state index contributed by atoms with van der Waals surface area (Å²) in [4.78, 5) is 14.6. The van der Waals surface area contributed by atoms with Crippen molar-refractivity contribution in [3.63, 3.8) is 0 Å². The maximum absolute atomic E-state index is 12.2. The van der Waals surface area contributed by atoms with Crippen LogP contribution in [0.25, 0.3) is 0 Å². The molecule has 4 nitrogen and oxygen atoms in total. The molecule has 1 heterocycles. The van der Waals surface area contributed by atoms with E-state index < -0.39 is 0 Å². The van der Waals surface area contributed by atoms with Gasteiger partial charge in [-0.3, -0.25) is 9.69 Å². The average Bonchev–Trinajstić information content (AvgIpc) is 3.09. The molecule has 19 heavy (non-hydrogen) atoms. The van der Waals surface area contributed by atoms with Crippen LogP contribution in [0.15, 0.2) is 0 Å². The Morgan fingerprint density at radius 2 is 2.05 bits per heavy atom. The molecule has 2 rings (SSSR count). The molecule has 0 aromatic carbocycles. The lowest BCUT2D eigenvalue weighted by Crippen LogP contribution is -2.50. The molecule has 1 saturated heterocycles. The Labute approximate surface area is 117 Å². The fourth-order valence-corrected chi connectivity index (χ4v) is 2.80. The zero-order valence-electron chi connectivity index (χ0n) is 12.6. The standard InChI is InChI=1S/C15H29N3O/c1-11(2)9-17-15(19)12(3)18(14-6-7-14)10-13-5-4-8-16-13/h11-14,16H,4-10H2,1-3H3,(H,17,19). The van der Waals surface area contributed by atoms with Gasteiger partial charge in [-0.15, -0.1) is 0 Å². The monoisotopic (exact) mass is 267 g/mol. The second kappa shape index (κ2) is 6.71. The molecule has 0 aromatic rings. The molecule has 0 aromatic heterocycles. The Hall–Kier alpha value is -0.610. The molecule has 1 aliphatic carbocycles. The number of carbonyl (C=O) groups is 1. The predicted molar refractivity (Wildman–Crippen MR) is 78.1 cm³/mol. The van der Waals surface area contributed by atoms with Crippen molar-refractivity contribution < 1.29 is 4.79 Å². The van der Waals surface area contributed by atoms with Crippen molar-refractivity contribution in [2.24, 2.45) is 5.92 Å². The van der Waals surface area contributed by atoms with Gasteiger partial charge >= 0.3 is 0 Å². The number of carbonyl (C=O) groups excluding carboxylic acids is 1. The van der Waals surface area contributed by atoms with E-state index in [-0.39, 0.29) is 11.9 Å². The molecule has 2 unspecified atom stereocenters. The van der Waals surface area contributed by atoms with E-state index in [1.807, 2.05) is 0 Å². The van der Waals surface area contributed by atoms with Crippen LogP contribution < -0.4 is 10.6 Å². The largest absolute Gasteiger partial charge is 0.354 e. The van der Waals surface area contributed by atoms with Crippen LogP contribution in [0.2, 0.25) is 0 Å². The number of hydrogen-bond donors (Lipinski definition) is 2. The molecule has 2 N–H and O–H groups in total. The first-order valence-corrected chi connectivity index (χ1v) is 7.84. The number of nitrogens with zero attached hydrogens (tertiary/aromatic N) is 1. The number of amides is 1. The van der Waals surface area contributed by atoms with Gasteiger partial charge in [0.2, 0.25) is 5.91 Å². The Morgan fingerprint density at radius 3 is 2.58 bits per heavy atom. The first kappa shape index (κ1) is 14.8. The normalized spacial score (nSPS) is 25.0. The van der Waals surface area contributed by atoms with E-state index in [9.17, 15) is 4.79 Å². The van der Waals surface area contributed by atoms with Crippen molar-refractivity contribution in [3.05, 3.63) is 0 Å². The van der Waals surface area contributed by atoms with Gasteiger partial charge < -0.3 is 10.6 Å². The Balaban J connectivity index is 1.84. The summed E-state index contributed by atoms with van der Waals surface area (Å²) in [5.74, 6) is 0.709. The highest BCUT2D eigenvalue weighted by Gasteiger charge is 2.36. The maximum atomic E-state index is 12.2. The first-order valence-electron chi connectivity index (χ1n) is 7.84. The van der Waals surface area contributed by atoms with Gasteiger partial charge in [-0.25, -0.2) is 0 Å². The van der Waals surface area contributed by atoms with Crippen molar-refractivity contribution in [3.8, 4) is 0 Å². The molecule has 2 fully saturated rings. The average molecular weight is 267 g/mol. The van der Waals surface area contributed by atoms with Crippen molar-refractivity contribution >= 4 is 5.91 Å². The van der Waals surface area contributed by atoms with Crippen LogP contribution in [-0.4, -0.2) is 48.6 Å². The number of rotatable bonds is 7. The van der Waals surface area contributed by atoms with Gasteiger partial charge in [-0.1, -0.05) is 13.8 Å². The van der Waals surface area contributed by atoms with E-state index in [4.69, 9.17) is 0 Å². The van der Waals surface area contributed by atoms with Crippen LogP contribution in [0.1, 0.15) is 46.5 Å². The Bertz CT molecular complexity index is 296. The lowest BCUT2D eigenvalue weighted by atomic mass is 10.1. The summed E-state index contributed by atoms with van der Waals surface area (Å²) in [6.45, 7) is 9.27. The molecule has 1 saturated carbocycles. The van der Waals surface area contributed by atoms with Crippen LogP contribution in [0.4, 0.5) is 0 Å². The molecule has 4 heteroatoms. The quantitative estimate of drug-likeness (QED) is 0.732. The van der Waals surface area contributed by atoms with Crippen molar-refractivity contribution in [2.45, 2.75) is 64.6 Å². The molecule has 0 bridgehead atoms. The Kier molecular flexibility index (Phi) is 5.22. The Morgan fingerprint density at radius 1 is 1.32 bits per heavy atom. The van der Waals surface area contributed by atoms with Crippen LogP contribution in [0, 0.1) is 5.92 Å². The topological polar surface area (TPSA) is 44.4 Å². The fourth-order valence-electron chi connectivity index (χ4n) is 2.80. The third kappa shape index (κ3) is 4.46. The van der Waals surface area contributed by atoms with Gasteiger partial charge in [0.25, 0.3) is 0 Å². The fraction of sp³-hybridized carbons (Fsp3) is 0.933. The number of hydrogen-bond acceptors (Lipinski definition) is 3. The minimum Gasteiger partial charge on any atom is -0.354 e. The molecule has 2 aliphatic rings. The summed E-state index contributed by atoms with van der Waals surface area (Å²) < 4.78 is 0. The summed E-state index contributed by atoms with van der Waals surface area (Å²) in [6.07, 6.45) is 5.05. The van der Waals surface area contributed by atoms with E-state index in [1.165, 1.54) is 25.7 Å². The summed E-state index contributed by atoms with van der Waals surface area (Å²) in [5.41, 5.74) is 0. The molecular formula is C15H29N3O. The van der Waals surface area contributed by atoms with Crippen molar-refractivity contribution in [1.82, 2.24) is 15.5 Å². The molecule has 1 aliphatic heterocycles. The van der Waals surface area contributed by atoms with Crippen LogP contribution in [0.3, 0.4) is 0 Å². The van der Waals surface area contributed by atoms with Gasteiger partial charge in [0.1, 0.15) is 0 Å². The zero-order valence-corrected chi connectivity index (χ0v) is 12.6. The van der Waals surface area contributed by atoms with Gasteiger partial charge in [0, 0.05) is 25.2 Å². The van der Waals surface area contributed by atoms with Crippen LogP contribution in [-0.2, 0) is 4.79 Å². The van der Waals surface area contributed by atoms with Gasteiger partial charge in [0.15, 0.2) is 0 Å². The highest BCUT2D eigenvalue weighted by molar-refractivity contribution is 5.81. The summed E-state index contributed by atoms with van der Waals surface area (Å²) in [7, 11) is 0. The van der Waals surface area contributed by atoms with Crippen LogP contribution >= 0.6 is 0 Å². The van der Waals surface area contributed by atoms with Crippen LogP contribution in [0.5, 0.6) is 0 Å². The van der Waals surface area contributed by atoms with E-state index >= 15 is 0 Å². The minimum absolute atomic E-state index is 0.00801. The second-order valence-corrected chi connectivity index (χ2v) is 6.54. The summed E-state index contributed by atoms with van der Waals surface area (Å²) >= 11 is 0. The zero-order chi connectivity index (χ0) is 13.8. The summed E-state index contributed by atoms with van der Waals surface area (Å²) in [5, 5.41) is 6.61. The number of nitrogens with one attached hydrogen (secondary N) is 2. The molecule has 1 amide bonds. The lowest BCUT2D eigenvalue weighted by molar-refractivity contribution is -0.126. The molecular weight excluding hydrogens is 238 g/mol. The molecule has 0 spiro atoms. The van der Waals surface area contributed by atoms with E-state index in [2.05, 4.69) is 36.3 Å². The van der Waals surface area contributed by atoms with E-state index in [0.29, 0.717) is 18.0 Å². The summed E-state index contributed by atoms with van der Waals surface area (Å²) in [6, 6.07) is 1.23. The van der Waals surface area contributed by atoms with E-state index in [0.717, 1.165) is 19.6 Å². The molecule has 110 valence electrons. The van der Waals surface area contributed by atoms with Gasteiger partial charge in [-0.2, -0.15) is 0 Å². The van der Waals surface area contributed by atoms with Crippen molar-refractivity contribution in [2.75, 3.05) is 19.6 Å². The highest BCUT2D eigenvalue weighted by atomic mass is 16.2. The minimum atomic E-state index is 0.00801. The van der Waals surface area contributed by atoms with Gasteiger partial charge in [0.05, 0.1) is 6.04 Å². The smallest absolute Gasteiger partial charge is 0.237 e. The lowest BCUT2D eigenvalue weighted by Gasteiger charge is -2.30. The highest BCUT2D eigenvalue weighted by Crippen LogP contribution is 2.29. The molecule has 2 atom stereocenters. The third-order valence-electron chi connectivity index (χ3n) is 4.17. The van der Waals surface area contributed by atoms with E-state index in [1.54, 1.807) is 0 Å². The molecule has 0 radical (unpaired) electrons. The third-order valence-corrected chi connectivity index (χ3v) is 4.17. The first-order chi connectivity index (χ1) is 9.08. The van der Waals surface area contributed by atoms with Crippen molar-refractivity contribution in [1.29, 1.82) is 0 Å². The predicted octanol–water partition coefficient (Wildman–Crippen LogP) is 1.36.